The third-order valence-corrected chi connectivity index (χ3v) is 3.16. The minimum atomic E-state index is 0.0337. The van der Waals surface area contributed by atoms with Gasteiger partial charge in [0.05, 0.1) is 6.20 Å². The van der Waals surface area contributed by atoms with E-state index >= 15 is 0 Å². The fourth-order valence-corrected chi connectivity index (χ4v) is 2.27. The molecule has 0 atom stereocenters. The second-order valence-corrected chi connectivity index (χ2v) is 4.48. The molecule has 0 aromatic carbocycles. The van der Waals surface area contributed by atoms with Crippen molar-refractivity contribution in [1.82, 2.24) is 9.88 Å². The number of carbonyl (C=O) groups excluding carboxylic acids is 1. The van der Waals surface area contributed by atoms with Gasteiger partial charge in [0.1, 0.15) is 5.00 Å². The first-order valence-corrected chi connectivity index (χ1v) is 5.59. The fraction of sp³-hybridized carbons (Fsp3) is 0.556. The lowest BCUT2D eigenvalue weighted by molar-refractivity contribution is 0.0724. The van der Waals surface area contributed by atoms with Gasteiger partial charge in [-0.15, -0.1) is 0 Å². The summed E-state index contributed by atoms with van der Waals surface area (Å²) >= 11 is 1.26. The molecule has 5 heteroatoms. The number of nitrogens with two attached hydrogens (primary N) is 1. The number of likely N-dealkylation sites (tertiary alicyclic amines) is 1. The summed E-state index contributed by atoms with van der Waals surface area (Å²) in [4.78, 5) is 17.7. The number of carbonyl (C=O) groups is 1. The summed E-state index contributed by atoms with van der Waals surface area (Å²) in [7, 11) is 0. The van der Waals surface area contributed by atoms with Crippen molar-refractivity contribution in [3.05, 3.63) is 11.2 Å². The maximum Gasteiger partial charge on any atom is 0.282 e. The van der Waals surface area contributed by atoms with Gasteiger partial charge in [-0.25, -0.2) is 4.98 Å². The van der Waals surface area contributed by atoms with Crippen LogP contribution in [0, 0.1) is 0 Å². The maximum absolute atomic E-state index is 11.8. The van der Waals surface area contributed by atoms with Crippen LogP contribution in [-0.4, -0.2) is 28.9 Å². The molecule has 1 aliphatic heterocycles. The summed E-state index contributed by atoms with van der Waals surface area (Å²) in [6.07, 6.45) is 4.98. The van der Waals surface area contributed by atoms with Crippen LogP contribution >= 0.6 is 11.3 Å². The molecule has 1 aromatic rings. The zero-order valence-corrected chi connectivity index (χ0v) is 8.72. The van der Waals surface area contributed by atoms with Gasteiger partial charge < -0.3 is 10.6 Å². The average molecular weight is 211 g/mol. The van der Waals surface area contributed by atoms with Gasteiger partial charge in [-0.1, -0.05) is 11.3 Å². The highest BCUT2D eigenvalue weighted by molar-refractivity contribution is 7.17. The molecule has 0 unspecified atom stereocenters. The van der Waals surface area contributed by atoms with Crippen LogP contribution < -0.4 is 5.73 Å². The van der Waals surface area contributed by atoms with Crippen LogP contribution in [0.3, 0.4) is 0 Å². The number of anilines is 1. The number of hydrogen-bond acceptors (Lipinski definition) is 4. The maximum atomic E-state index is 11.8. The number of nitrogen functional groups attached to an aromatic ring is 1. The van der Waals surface area contributed by atoms with E-state index in [2.05, 4.69) is 4.98 Å². The molecule has 0 aliphatic carbocycles. The molecule has 2 heterocycles. The lowest BCUT2D eigenvalue weighted by Crippen LogP contribution is -2.35. The van der Waals surface area contributed by atoms with Crippen molar-refractivity contribution < 1.29 is 4.79 Å². The Morgan fingerprint density at radius 2 is 2.14 bits per heavy atom. The monoisotopic (exact) mass is 211 g/mol. The highest BCUT2D eigenvalue weighted by Crippen LogP contribution is 2.18. The van der Waals surface area contributed by atoms with Crippen molar-refractivity contribution in [3.8, 4) is 0 Å². The number of hydrogen-bond donors (Lipinski definition) is 1. The zero-order chi connectivity index (χ0) is 9.97. The Morgan fingerprint density at radius 3 is 2.71 bits per heavy atom. The fourth-order valence-electron chi connectivity index (χ4n) is 1.62. The van der Waals surface area contributed by atoms with E-state index in [9.17, 15) is 4.79 Å². The molecule has 1 fully saturated rings. The van der Waals surface area contributed by atoms with Crippen LogP contribution in [0.15, 0.2) is 6.20 Å². The number of rotatable bonds is 1. The summed E-state index contributed by atoms with van der Waals surface area (Å²) in [5.41, 5.74) is 5.53. The molecule has 1 amide bonds. The third-order valence-electron chi connectivity index (χ3n) is 2.35. The number of nitrogens with zero attached hydrogens (tertiary/aromatic N) is 2. The van der Waals surface area contributed by atoms with E-state index in [0.29, 0.717) is 10.0 Å². The molecule has 0 bridgehead atoms. The van der Waals surface area contributed by atoms with Crippen molar-refractivity contribution in [2.45, 2.75) is 19.3 Å². The minimum Gasteiger partial charge on any atom is -0.389 e. The highest BCUT2D eigenvalue weighted by Gasteiger charge is 2.20. The average Bonchev–Trinajstić information content (AvgIpc) is 2.65. The molecular formula is C9H13N3OS. The van der Waals surface area contributed by atoms with Gasteiger partial charge in [0.2, 0.25) is 0 Å². The van der Waals surface area contributed by atoms with Crippen LogP contribution in [-0.2, 0) is 0 Å². The molecule has 0 radical (unpaired) electrons. The lowest BCUT2D eigenvalue weighted by atomic mass is 10.1. The van der Waals surface area contributed by atoms with Crippen LogP contribution in [0.5, 0.6) is 0 Å². The van der Waals surface area contributed by atoms with E-state index < -0.39 is 0 Å². The molecule has 1 aliphatic rings. The predicted molar refractivity (Wildman–Crippen MR) is 56.3 cm³/mol. The van der Waals surface area contributed by atoms with E-state index in [4.69, 9.17) is 5.73 Å². The van der Waals surface area contributed by atoms with Crippen molar-refractivity contribution in [1.29, 1.82) is 0 Å². The Labute approximate surface area is 86.7 Å². The summed E-state index contributed by atoms with van der Waals surface area (Å²) in [5.74, 6) is 0.0337. The van der Waals surface area contributed by atoms with Crippen molar-refractivity contribution in [2.75, 3.05) is 18.8 Å². The first-order valence-electron chi connectivity index (χ1n) is 4.78. The Balaban J connectivity index is 2.07. The van der Waals surface area contributed by atoms with Gasteiger partial charge in [-0.2, -0.15) is 0 Å². The van der Waals surface area contributed by atoms with Gasteiger partial charge in [0, 0.05) is 13.1 Å². The van der Waals surface area contributed by atoms with Gasteiger partial charge in [0.25, 0.3) is 5.91 Å². The molecule has 1 aromatic heterocycles. The predicted octanol–water partition coefficient (Wildman–Crippen LogP) is 1.35. The summed E-state index contributed by atoms with van der Waals surface area (Å²) < 4.78 is 0. The Hall–Kier alpha value is -1.10. The van der Waals surface area contributed by atoms with Crippen molar-refractivity contribution in [3.63, 3.8) is 0 Å². The van der Waals surface area contributed by atoms with E-state index in [1.54, 1.807) is 6.20 Å². The number of piperidine rings is 1. The van der Waals surface area contributed by atoms with Crippen molar-refractivity contribution in [2.24, 2.45) is 0 Å². The SMILES string of the molecule is Nc1cnc(C(=O)N2CCCCC2)s1. The topological polar surface area (TPSA) is 59.2 Å². The zero-order valence-electron chi connectivity index (χ0n) is 7.90. The van der Waals surface area contributed by atoms with Gasteiger partial charge in [-0.05, 0) is 19.3 Å². The number of thiazole rings is 1. The Morgan fingerprint density at radius 1 is 1.43 bits per heavy atom. The van der Waals surface area contributed by atoms with Crippen molar-refractivity contribution >= 4 is 22.2 Å². The molecule has 1 saturated heterocycles. The summed E-state index contributed by atoms with van der Waals surface area (Å²) in [6.45, 7) is 1.72. The smallest absolute Gasteiger partial charge is 0.282 e. The number of aromatic nitrogens is 1. The number of amides is 1. The summed E-state index contributed by atoms with van der Waals surface area (Å²) in [6, 6.07) is 0. The third kappa shape index (κ3) is 1.87. The first kappa shape index (κ1) is 9.45. The van der Waals surface area contributed by atoms with Crippen LogP contribution in [0.4, 0.5) is 5.00 Å². The standard InChI is InChI=1S/C9H13N3OS/c10-7-6-11-8(14-7)9(13)12-4-2-1-3-5-12/h6H,1-5,10H2. The largest absolute Gasteiger partial charge is 0.389 e. The van der Waals surface area contributed by atoms with Gasteiger partial charge in [-0.3, -0.25) is 4.79 Å². The molecule has 2 N–H and O–H groups in total. The van der Waals surface area contributed by atoms with E-state index in [1.165, 1.54) is 17.8 Å². The molecule has 0 saturated carbocycles. The highest BCUT2D eigenvalue weighted by atomic mass is 32.1. The molecular weight excluding hydrogens is 198 g/mol. The Kier molecular flexibility index (Phi) is 2.67. The summed E-state index contributed by atoms with van der Waals surface area (Å²) in [5, 5.41) is 1.12. The molecule has 14 heavy (non-hydrogen) atoms. The second kappa shape index (κ2) is 3.96. The van der Waals surface area contributed by atoms with E-state index in [-0.39, 0.29) is 5.91 Å². The second-order valence-electron chi connectivity index (χ2n) is 3.42. The quantitative estimate of drug-likeness (QED) is 0.762. The van der Waals surface area contributed by atoms with Gasteiger partial charge >= 0.3 is 0 Å². The minimum absolute atomic E-state index is 0.0337. The van der Waals surface area contributed by atoms with Crippen LogP contribution in [0.1, 0.15) is 29.1 Å². The van der Waals surface area contributed by atoms with Gasteiger partial charge in [0.15, 0.2) is 5.01 Å². The van der Waals surface area contributed by atoms with E-state index in [0.717, 1.165) is 25.9 Å². The molecule has 4 nitrogen and oxygen atoms in total. The molecule has 0 spiro atoms. The van der Waals surface area contributed by atoms with E-state index in [1.807, 2.05) is 4.90 Å². The normalized spacial score (nSPS) is 17.0. The molecule has 2 rings (SSSR count). The van der Waals surface area contributed by atoms with Crippen LogP contribution in [0.25, 0.3) is 0 Å². The molecule has 76 valence electrons. The first-order chi connectivity index (χ1) is 6.77. The Bertz CT molecular complexity index is 331. The lowest BCUT2D eigenvalue weighted by Gasteiger charge is -2.25. The van der Waals surface area contributed by atoms with Crippen LogP contribution in [0.2, 0.25) is 0 Å².